The van der Waals surface area contributed by atoms with Crippen LogP contribution < -0.4 is 4.74 Å². The van der Waals surface area contributed by atoms with Crippen LogP contribution in [0.25, 0.3) is 12.2 Å². The zero-order chi connectivity index (χ0) is 14.5. The van der Waals surface area contributed by atoms with E-state index in [4.69, 9.17) is 27.9 Å². The van der Waals surface area contributed by atoms with Crippen molar-refractivity contribution in [3.05, 3.63) is 57.8 Å². The molecule has 0 unspecified atom stereocenters. The summed E-state index contributed by atoms with van der Waals surface area (Å²) in [6.45, 7) is 1.34. The van der Waals surface area contributed by atoms with Crippen LogP contribution >= 0.6 is 23.2 Å². The number of carbonyl (C=O) groups excluding carboxylic acids is 1. The van der Waals surface area contributed by atoms with Crippen molar-refractivity contribution in [1.82, 2.24) is 4.98 Å². The van der Waals surface area contributed by atoms with E-state index in [2.05, 4.69) is 4.98 Å². The summed E-state index contributed by atoms with van der Waals surface area (Å²) in [5.74, 6) is 0.00263. The Morgan fingerprint density at radius 2 is 2.05 bits per heavy atom. The molecule has 0 radical (unpaired) electrons. The Hall–Kier alpha value is -1.84. The van der Waals surface area contributed by atoms with Crippen LogP contribution in [0.3, 0.4) is 0 Å². The second-order valence-electron chi connectivity index (χ2n) is 3.98. The molecule has 0 bridgehead atoms. The highest BCUT2D eigenvalue weighted by atomic mass is 35.5. The molecule has 2 aromatic rings. The summed E-state index contributed by atoms with van der Waals surface area (Å²) in [4.78, 5) is 15.2. The third kappa shape index (κ3) is 3.83. The Labute approximate surface area is 126 Å². The van der Waals surface area contributed by atoms with E-state index < -0.39 is 5.97 Å². The molecule has 20 heavy (non-hydrogen) atoms. The van der Waals surface area contributed by atoms with Crippen LogP contribution in [0.1, 0.15) is 18.2 Å². The molecule has 102 valence electrons. The molecule has 0 N–H and O–H groups in total. The highest BCUT2D eigenvalue weighted by Gasteiger charge is 2.04. The predicted molar refractivity (Wildman–Crippen MR) is 80.9 cm³/mol. The minimum atomic E-state index is -0.395. The maximum atomic E-state index is 11.0. The van der Waals surface area contributed by atoms with Gasteiger partial charge in [-0.3, -0.25) is 9.78 Å². The number of nitrogens with zero attached hydrogens (tertiary/aromatic N) is 1. The van der Waals surface area contributed by atoms with Gasteiger partial charge in [0.05, 0.1) is 0 Å². The first kappa shape index (κ1) is 14.6. The van der Waals surface area contributed by atoms with Crippen molar-refractivity contribution < 1.29 is 9.53 Å². The first-order valence-corrected chi connectivity index (χ1v) is 6.58. The zero-order valence-corrected chi connectivity index (χ0v) is 12.2. The topological polar surface area (TPSA) is 39.2 Å². The number of rotatable bonds is 3. The smallest absolute Gasteiger partial charge is 0.308 e. The van der Waals surface area contributed by atoms with Crippen molar-refractivity contribution in [3.63, 3.8) is 0 Å². The maximum Gasteiger partial charge on any atom is 0.308 e. The summed E-state index contributed by atoms with van der Waals surface area (Å²) in [7, 11) is 0. The first-order chi connectivity index (χ1) is 9.56. The fraction of sp³-hybridized carbons (Fsp3) is 0.0667. The minimum absolute atomic E-state index is 0.395. The number of halogens is 2. The van der Waals surface area contributed by atoms with Crippen molar-refractivity contribution in [2.75, 3.05) is 0 Å². The molecule has 1 heterocycles. The number of hydrogen-bond acceptors (Lipinski definition) is 3. The van der Waals surface area contributed by atoms with Gasteiger partial charge in [0.15, 0.2) is 5.75 Å². The molecule has 0 aliphatic heterocycles. The van der Waals surface area contributed by atoms with Gasteiger partial charge in [-0.15, -0.1) is 0 Å². The molecule has 0 aliphatic carbocycles. The predicted octanol–water partition coefficient (Wildman–Crippen LogP) is 4.48. The van der Waals surface area contributed by atoms with Gasteiger partial charge >= 0.3 is 5.97 Å². The molecule has 0 atom stereocenters. The molecule has 3 nitrogen and oxygen atoms in total. The Balaban J connectivity index is 2.31. The third-order valence-electron chi connectivity index (χ3n) is 2.43. The Kier molecular flexibility index (Phi) is 4.77. The number of pyridine rings is 1. The average molecular weight is 308 g/mol. The van der Waals surface area contributed by atoms with Gasteiger partial charge in [-0.25, -0.2) is 0 Å². The lowest BCUT2D eigenvalue weighted by Gasteiger charge is -2.04. The van der Waals surface area contributed by atoms with Crippen molar-refractivity contribution >= 4 is 41.3 Å². The molecule has 0 saturated heterocycles. The molecule has 0 fully saturated rings. The van der Waals surface area contributed by atoms with Crippen LogP contribution in [0.5, 0.6) is 5.75 Å². The molecule has 0 aliphatic rings. The molecule has 5 heteroatoms. The minimum Gasteiger partial charge on any atom is -0.424 e. The van der Waals surface area contributed by atoms with Gasteiger partial charge in [-0.05, 0) is 42.0 Å². The summed E-state index contributed by atoms with van der Waals surface area (Å²) >= 11 is 12.0. The van der Waals surface area contributed by atoms with Crippen LogP contribution in [-0.2, 0) is 4.79 Å². The van der Waals surface area contributed by atoms with Crippen LogP contribution in [0.2, 0.25) is 10.0 Å². The van der Waals surface area contributed by atoms with Crippen LogP contribution in [0, 0.1) is 0 Å². The SMILES string of the molecule is CC(=O)Oc1cccnc1C=Cc1cc(Cl)ccc1Cl. The average Bonchev–Trinajstić information content (AvgIpc) is 2.41. The molecule has 1 aromatic heterocycles. The summed E-state index contributed by atoms with van der Waals surface area (Å²) in [6.07, 6.45) is 5.10. The van der Waals surface area contributed by atoms with Gasteiger partial charge in [0.2, 0.25) is 0 Å². The van der Waals surface area contributed by atoms with E-state index in [0.717, 1.165) is 5.56 Å². The van der Waals surface area contributed by atoms with Gasteiger partial charge in [0.1, 0.15) is 5.69 Å². The Bertz CT molecular complexity index is 669. The van der Waals surface area contributed by atoms with E-state index in [-0.39, 0.29) is 0 Å². The monoisotopic (exact) mass is 307 g/mol. The van der Waals surface area contributed by atoms with Crippen molar-refractivity contribution in [1.29, 1.82) is 0 Å². The van der Waals surface area contributed by atoms with Gasteiger partial charge in [-0.1, -0.05) is 29.3 Å². The number of esters is 1. The van der Waals surface area contributed by atoms with E-state index >= 15 is 0 Å². The molecular formula is C15H11Cl2NO2. The molecule has 0 saturated carbocycles. The third-order valence-corrected chi connectivity index (χ3v) is 3.01. The van der Waals surface area contributed by atoms with E-state index in [1.807, 2.05) is 0 Å². The number of hydrogen-bond donors (Lipinski definition) is 0. The highest BCUT2D eigenvalue weighted by molar-refractivity contribution is 6.34. The number of aromatic nitrogens is 1. The van der Waals surface area contributed by atoms with Crippen LogP contribution in [-0.4, -0.2) is 11.0 Å². The van der Waals surface area contributed by atoms with E-state index in [9.17, 15) is 4.79 Å². The van der Waals surface area contributed by atoms with E-state index in [1.54, 1.807) is 48.7 Å². The lowest BCUT2D eigenvalue weighted by molar-refractivity contribution is -0.131. The fourth-order valence-corrected chi connectivity index (χ4v) is 1.94. The first-order valence-electron chi connectivity index (χ1n) is 5.83. The van der Waals surface area contributed by atoms with Crippen molar-refractivity contribution in [2.24, 2.45) is 0 Å². The maximum absolute atomic E-state index is 11.0. The summed E-state index contributed by atoms with van der Waals surface area (Å²) in [5.41, 5.74) is 1.30. The van der Waals surface area contributed by atoms with E-state index in [1.165, 1.54) is 6.92 Å². The van der Waals surface area contributed by atoms with Crippen LogP contribution in [0.15, 0.2) is 36.5 Å². The Morgan fingerprint density at radius 1 is 1.25 bits per heavy atom. The largest absolute Gasteiger partial charge is 0.424 e. The standard InChI is InChI=1S/C15H11Cl2NO2/c1-10(19)20-15-3-2-8-18-14(15)7-4-11-9-12(16)5-6-13(11)17/h2-9H,1H3. The van der Waals surface area contributed by atoms with Gasteiger partial charge in [0.25, 0.3) is 0 Å². The number of benzene rings is 1. The summed E-state index contributed by atoms with van der Waals surface area (Å²) in [6, 6.07) is 8.55. The van der Waals surface area contributed by atoms with E-state index in [0.29, 0.717) is 21.5 Å². The van der Waals surface area contributed by atoms with Gasteiger partial charge in [0, 0.05) is 23.2 Å². The van der Waals surface area contributed by atoms with Gasteiger partial charge in [-0.2, -0.15) is 0 Å². The molecular weight excluding hydrogens is 297 g/mol. The normalized spacial score (nSPS) is 10.8. The molecule has 0 spiro atoms. The van der Waals surface area contributed by atoms with Gasteiger partial charge < -0.3 is 4.74 Å². The fourth-order valence-electron chi connectivity index (χ4n) is 1.58. The lowest BCUT2D eigenvalue weighted by Crippen LogP contribution is -2.03. The molecule has 0 amide bonds. The van der Waals surface area contributed by atoms with Crippen molar-refractivity contribution in [2.45, 2.75) is 6.92 Å². The highest BCUT2D eigenvalue weighted by Crippen LogP contribution is 2.24. The quantitative estimate of drug-likeness (QED) is 0.785. The number of carbonyl (C=O) groups is 1. The second kappa shape index (κ2) is 6.55. The molecule has 2 rings (SSSR count). The second-order valence-corrected chi connectivity index (χ2v) is 4.82. The number of ether oxygens (including phenoxy) is 1. The van der Waals surface area contributed by atoms with Crippen LogP contribution in [0.4, 0.5) is 0 Å². The zero-order valence-electron chi connectivity index (χ0n) is 10.6. The Morgan fingerprint density at radius 3 is 2.80 bits per heavy atom. The lowest BCUT2D eigenvalue weighted by atomic mass is 10.2. The summed E-state index contributed by atoms with van der Waals surface area (Å²) < 4.78 is 5.08. The van der Waals surface area contributed by atoms with Crippen molar-refractivity contribution in [3.8, 4) is 5.75 Å². The summed E-state index contributed by atoms with van der Waals surface area (Å²) in [5, 5.41) is 1.17. The molecule has 1 aromatic carbocycles.